The molecule has 2 aliphatic rings. The molecule has 0 unspecified atom stereocenters. The number of carbonyl (C=O) groups is 4. The number of amides is 4. The number of carbonyl (C=O) groups excluding carboxylic acids is 4. The van der Waals surface area contributed by atoms with Crippen molar-refractivity contribution in [1.82, 2.24) is 30.4 Å². The molecule has 8 rings (SSSR count). The van der Waals surface area contributed by atoms with E-state index in [1.165, 1.54) is 12.1 Å². The summed E-state index contributed by atoms with van der Waals surface area (Å²) >= 11 is 0. The molecule has 0 aliphatic heterocycles. The fourth-order valence-electron chi connectivity index (χ4n) is 9.43. The highest BCUT2D eigenvalue weighted by Gasteiger charge is 2.35. The third-order valence-corrected chi connectivity index (χ3v) is 13.2. The first-order valence-corrected chi connectivity index (χ1v) is 23.0. The molecule has 6 aromatic rings. The number of nitro groups is 1. The quantitative estimate of drug-likeness (QED) is 0.0458. The molecule has 2 heterocycles. The number of nitriles is 2. The molecule has 2 aromatic heterocycles. The van der Waals surface area contributed by atoms with Crippen LogP contribution in [0, 0.1) is 44.6 Å². The summed E-state index contributed by atoms with van der Waals surface area (Å²) in [6, 6.07) is 34.8. The van der Waals surface area contributed by atoms with Crippen LogP contribution in [0.1, 0.15) is 83.5 Å². The van der Waals surface area contributed by atoms with Gasteiger partial charge in [0.2, 0.25) is 11.8 Å². The number of para-hydroxylation sites is 2. The number of nitrogens with two attached hydrogens (primary N) is 1. The van der Waals surface area contributed by atoms with E-state index in [9.17, 15) is 39.8 Å². The fraction of sp³-hybridized carbons (Fsp3) is 0.346. The number of nitrogens with zero attached hydrogens (tertiary/aromatic N) is 5. The number of hydrogen-bond donors (Lipinski definition) is 5. The van der Waals surface area contributed by atoms with Gasteiger partial charge in [-0.25, -0.2) is 0 Å². The number of non-ortho nitro benzene ring substituents is 1. The van der Waals surface area contributed by atoms with Crippen molar-refractivity contribution in [3.8, 4) is 12.1 Å². The Morgan fingerprint density at radius 3 is 1.44 bits per heavy atom. The lowest BCUT2D eigenvalue weighted by molar-refractivity contribution is -0.384. The molecule has 350 valence electrons. The number of benzene rings is 4. The number of nitro benzene ring substituents is 1. The van der Waals surface area contributed by atoms with Crippen molar-refractivity contribution < 1.29 is 24.1 Å². The van der Waals surface area contributed by atoms with Crippen LogP contribution in [0.4, 0.5) is 11.4 Å². The standard InChI is InChI=1S/C26H27N5O4.C26H29N5O2/c1-30-23-9-5-2-6-18(23)15-24(30)26(33)29-22-8-4-3-7-21(22)25(32)28-19(16-27)14-17-10-12-20(13-11-17)31(34)35;1-31-23-9-5-2-6-18(23)15-24(31)26(33)30-22-8-4-3-7-21(22)25(32)29-20(16-27)14-17-10-12-19(28)13-11-17/h2,5-6,9-13,15,19,21-22H,3-4,7-8,14H2,1H3,(H,28,32)(H,29,33);2,5-6,9-13,15,20-22H,3-4,7-8,14,28H2,1H3,(H,29,32)(H,30,33)/t19-,21+,22-;20-,21+,22-/m00/s1. The number of nitrogen functional groups attached to an aromatic ring is 1. The molecule has 0 spiro atoms. The molecule has 2 fully saturated rings. The Morgan fingerprint density at radius 2 is 1.04 bits per heavy atom. The highest BCUT2D eigenvalue weighted by Crippen LogP contribution is 2.28. The van der Waals surface area contributed by atoms with E-state index in [0.717, 1.165) is 59.5 Å². The van der Waals surface area contributed by atoms with E-state index in [2.05, 4.69) is 33.4 Å². The number of hydrogen-bond acceptors (Lipinski definition) is 9. The fourth-order valence-corrected chi connectivity index (χ4v) is 9.43. The van der Waals surface area contributed by atoms with E-state index in [1.807, 2.05) is 96.0 Å². The summed E-state index contributed by atoms with van der Waals surface area (Å²) in [7, 11) is 3.72. The van der Waals surface area contributed by atoms with Crippen LogP contribution in [0.15, 0.2) is 109 Å². The Balaban J connectivity index is 0.000000202. The van der Waals surface area contributed by atoms with Gasteiger partial charge in [-0.05, 0) is 73.2 Å². The highest BCUT2D eigenvalue weighted by atomic mass is 16.6. The van der Waals surface area contributed by atoms with Gasteiger partial charge in [-0.15, -0.1) is 0 Å². The predicted octanol–water partition coefficient (Wildman–Crippen LogP) is 6.93. The van der Waals surface area contributed by atoms with Gasteiger partial charge in [0.05, 0.1) is 28.9 Å². The second-order valence-electron chi connectivity index (χ2n) is 17.7. The van der Waals surface area contributed by atoms with E-state index < -0.39 is 22.9 Å². The van der Waals surface area contributed by atoms with Crippen LogP contribution in [0.5, 0.6) is 0 Å². The largest absolute Gasteiger partial charge is 0.399 e. The van der Waals surface area contributed by atoms with Crippen molar-refractivity contribution in [2.45, 2.75) is 88.4 Å². The van der Waals surface area contributed by atoms with Crippen molar-refractivity contribution in [3.05, 3.63) is 142 Å². The second-order valence-corrected chi connectivity index (χ2v) is 17.7. The topological polar surface area (TPSA) is 243 Å². The number of fused-ring (bicyclic) bond motifs is 2. The minimum Gasteiger partial charge on any atom is -0.399 e. The molecule has 4 aromatic carbocycles. The van der Waals surface area contributed by atoms with Gasteiger partial charge >= 0.3 is 0 Å². The molecule has 0 radical (unpaired) electrons. The first kappa shape index (κ1) is 48.0. The van der Waals surface area contributed by atoms with Crippen LogP contribution in [0.25, 0.3) is 21.8 Å². The summed E-state index contributed by atoms with van der Waals surface area (Å²) in [4.78, 5) is 62.8. The molecule has 0 saturated heterocycles. The van der Waals surface area contributed by atoms with Gasteiger partial charge in [-0.3, -0.25) is 29.3 Å². The van der Waals surface area contributed by atoms with Crippen LogP contribution in [-0.2, 0) is 36.5 Å². The molecule has 6 atom stereocenters. The van der Waals surface area contributed by atoms with Gasteiger partial charge in [0, 0.05) is 78.6 Å². The molecular formula is C52H56N10O6. The molecule has 2 saturated carbocycles. The number of aryl methyl sites for hydroxylation is 2. The summed E-state index contributed by atoms with van der Waals surface area (Å²) in [6.07, 6.45) is 7.04. The summed E-state index contributed by atoms with van der Waals surface area (Å²) in [6.45, 7) is 0. The predicted molar refractivity (Wildman–Crippen MR) is 259 cm³/mol. The third kappa shape index (κ3) is 11.5. The smallest absolute Gasteiger partial charge is 0.269 e. The normalized spacial score (nSPS) is 18.6. The van der Waals surface area contributed by atoms with E-state index in [4.69, 9.17) is 5.73 Å². The van der Waals surface area contributed by atoms with Crippen molar-refractivity contribution in [1.29, 1.82) is 10.5 Å². The van der Waals surface area contributed by atoms with E-state index in [0.29, 0.717) is 48.3 Å². The van der Waals surface area contributed by atoms with Gasteiger partial charge in [0.25, 0.3) is 17.5 Å². The molecule has 4 amide bonds. The lowest BCUT2D eigenvalue weighted by Gasteiger charge is -2.32. The molecule has 16 heteroatoms. The number of aromatic nitrogens is 2. The average molecular weight is 917 g/mol. The SMILES string of the molecule is Cn1c(C(=O)N[C@H]2CCCC[C@H]2C(=O)N[C@H](C#N)Cc2ccc(N)cc2)cc2ccccc21.Cn1c(C(=O)N[C@H]2CCCC[C@H]2C(=O)N[C@H](C#N)Cc2ccc([N+](=O)[O-])cc2)cc2ccccc21. The lowest BCUT2D eigenvalue weighted by atomic mass is 9.83. The minimum absolute atomic E-state index is 0.0294. The van der Waals surface area contributed by atoms with E-state index in [-0.39, 0.29) is 53.7 Å². The van der Waals surface area contributed by atoms with Gasteiger partial charge in [0.15, 0.2) is 0 Å². The van der Waals surface area contributed by atoms with Crippen LogP contribution in [0.3, 0.4) is 0 Å². The summed E-state index contributed by atoms with van der Waals surface area (Å²) in [5.41, 5.74) is 11.0. The maximum absolute atomic E-state index is 13.1. The van der Waals surface area contributed by atoms with E-state index >= 15 is 0 Å². The van der Waals surface area contributed by atoms with Crippen LogP contribution < -0.4 is 27.0 Å². The first-order valence-electron chi connectivity index (χ1n) is 23.0. The zero-order chi connectivity index (χ0) is 48.3. The zero-order valence-corrected chi connectivity index (χ0v) is 38.2. The average Bonchev–Trinajstić information content (AvgIpc) is 3.88. The summed E-state index contributed by atoms with van der Waals surface area (Å²) in [5.74, 6) is -1.65. The van der Waals surface area contributed by atoms with Crippen LogP contribution >= 0.6 is 0 Å². The third-order valence-electron chi connectivity index (χ3n) is 13.2. The second kappa shape index (κ2) is 22.0. The van der Waals surface area contributed by atoms with Crippen molar-refractivity contribution in [2.24, 2.45) is 25.9 Å². The molecule has 2 aliphatic carbocycles. The maximum atomic E-state index is 13.1. The Kier molecular flexibility index (Phi) is 15.5. The maximum Gasteiger partial charge on any atom is 0.269 e. The molecule has 6 N–H and O–H groups in total. The number of nitrogens with one attached hydrogen (secondary N) is 4. The Morgan fingerprint density at radius 1 is 0.647 bits per heavy atom. The summed E-state index contributed by atoms with van der Waals surface area (Å²) < 4.78 is 3.72. The minimum atomic E-state index is -0.777. The van der Waals surface area contributed by atoms with Crippen molar-refractivity contribution >= 4 is 56.8 Å². The van der Waals surface area contributed by atoms with E-state index in [1.54, 1.807) is 24.3 Å². The molecule has 68 heavy (non-hydrogen) atoms. The zero-order valence-electron chi connectivity index (χ0n) is 38.2. The Labute approximate surface area is 394 Å². The lowest BCUT2D eigenvalue weighted by Crippen LogP contribution is -2.50. The van der Waals surface area contributed by atoms with Gasteiger partial charge in [-0.1, -0.05) is 86.3 Å². The monoisotopic (exact) mass is 916 g/mol. The Hall–Kier alpha value is -7.98. The van der Waals surface area contributed by atoms with Gasteiger partial charge in [0.1, 0.15) is 23.5 Å². The molecule has 0 bridgehead atoms. The Bertz CT molecular complexity index is 2870. The van der Waals surface area contributed by atoms with Crippen LogP contribution in [0.2, 0.25) is 0 Å². The first-order chi connectivity index (χ1) is 32.8. The number of anilines is 1. The van der Waals surface area contributed by atoms with Crippen molar-refractivity contribution in [2.75, 3.05) is 5.73 Å². The van der Waals surface area contributed by atoms with Crippen molar-refractivity contribution in [3.63, 3.8) is 0 Å². The summed E-state index contributed by atoms with van der Waals surface area (Å²) in [5, 5.41) is 43.8. The molecular weight excluding hydrogens is 861 g/mol. The van der Waals surface area contributed by atoms with Gasteiger partial charge in [-0.2, -0.15) is 10.5 Å². The molecule has 16 nitrogen and oxygen atoms in total. The van der Waals surface area contributed by atoms with Crippen LogP contribution in [-0.4, -0.2) is 61.9 Å². The number of rotatable bonds is 13. The highest BCUT2D eigenvalue weighted by molar-refractivity contribution is 6.00. The van der Waals surface area contributed by atoms with Gasteiger partial charge < -0.3 is 36.1 Å².